The topological polar surface area (TPSA) is 6.48 Å². The number of piperidine rings is 2. The predicted molar refractivity (Wildman–Crippen MR) is 56.2 cm³/mol. The van der Waals surface area contributed by atoms with Crippen molar-refractivity contribution in [3.63, 3.8) is 0 Å². The summed E-state index contributed by atoms with van der Waals surface area (Å²) in [4.78, 5) is 4.74. The molecule has 2 nitrogen and oxygen atoms in total. The summed E-state index contributed by atoms with van der Waals surface area (Å²) in [7, 11) is 2.17. The van der Waals surface area contributed by atoms with Crippen LogP contribution in [0, 0.1) is 0 Å². The lowest BCUT2D eigenvalue weighted by atomic mass is 10.00. The average Bonchev–Trinajstić information content (AvgIpc) is 2.19. The van der Waals surface area contributed by atoms with Gasteiger partial charge in [0.25, 0.3) is 0 Å². The molecule has 0 radical (unpaired) electrons. The number of alkyl halides is 1. The van der Waals surface area contributed by atoms with Crippen molar-refractivity contribution in [2.24, 2.45) is 0 Å². The molecule has 0 aromatic rings. The first-order chi connectivity index (χ1) is 6.75. The molecule has 0 amide bonds. The van der Waals surface area contributed by atoms with Gasteiger partial charge in [0.15, 0.2) is 0 Å². The fourth-order valence-corrected chi connectivity index (χ4v) is 2.64. The first-order valence-electron chi connectivity index (χ1n) is 5.82. The van der Waals surface area contributed by atoms with Gasteiger partial charge in [-0.2, -0.15) is 0 Å². The summed E-state index contributed by atoms with van der Waals surface area (Å²) < 4.78 is 13.2. The Labute approximate surface area is 86.1 Å². The van der Waals surface area contributed by atoms with E-state index < -0.39 is 6.17 Å². The van der Waals surface area contributed by atoms with Crippen LogP contribution in [0.1, 0.15) is 25.7 Å². The van der Waals surface area contributed by atoms with Crippen LogP contribution in [0.4, 0.5) is 4.39 Å². The second-order valence-corrected chi connectivity index (χ2v) is 4.77. The summed E-state index contributed by atoms with van der Waals surface area (Å²) in [5.74, 6) is 0. The van der Waals surface area contributed by atoms with Crippen LogP contribution >= 0.6 is 0 Å². The molecule has 0 aromatic carbocycles. The molecule has 82 valence electrons. The van der Waals surface area contributed by atoms with Gasteiger partial charge in [-0.1, -0.05) is 0 Å². The third-order valence-electron chi connectivity index (χ3n) is 3.60. The average molecular weight is 200 g/mol. The molecule has 1 unspecified atom stereocenters. The zero-order valence-electron chi connectivity index (χ0n) is 9.08. The molecule has 2 saturated heterocycles. The molecule has 2 aliphatic heterocycles. The maximum atomic E-state index is 13.2. The molecule has 0 aliphatic carbocycles. The van der Waals surface area contributed by atoms with E-state index in [1.807, 2.05) is 0 Å². The van der Waals surface area contributed by atoms with Gasteiger partial charge in [-0.25, -0.2) is 4.39 Å². The molecule has 0 aromatic heterocycles. The lowest BCUT2D eigenvalue weighted by molar-refractivity contribution is 0.0650. The number of halogens is 1. The maximum Gasteiger partial charge on any atom is 0.113 e. The minimum absolute atomic E-state index is 0.566. The van der Waals surface area contributed by atoms with Crippen LogP contribution in [-0.4, -0.2) is 55.2 Å². The molecule has 14 heavy (non-hydrogen) atoms. The smallest absolute Gasteiger partial charge is 0.113 e. The third kappa shape index (κ3) is 2.45. The van der Waals surface area contributed by atoms with Gasteiger partial charge < -0.3 is 4.90 Å². The van der Waals surface area contributed by atoms with Crippen LogP contribution in [0.3, 0.4) is 0 Å². The van der Waals surface area contributed by atoms with Crippen LogP contribution in [-0.2, 0) is 0 Å². The summed E-state index contributed by atoms with van der Waals surface area (Å²) in [6.07, 6.45) is 3.71. The van der Waals surface area contributed by atoms with Gasteiger partial charge in [0.05, 0.1) is 0 Å². The summed E-state index contributed by atoms with van der Waals surface area (Å²) in [6, 6.07) is 0.657. The highest BCUT2D eigenvalue weighted by molar-refractivity contribution is 4.82. The van der Waals surface area contributed by atoms with E-state index in [0.29, 0.717) is 12.6 Å². The fraction of sp³-hybridized carbons (Fsp3) is 1.00. The minimum atomic E-state index is -0.566. The normalized spacial score (nSPS) is 33.4. The Morgan fingerprint density at radius 2 is 1.79 bits per heavy atom. The lowest BCUT2D eigenvalue weighted by Gasteiger charge is -2.40. The summed E-state index contributed by atoms with van der Waals surface area (Å²) in [6.45, 7) is 4.17. The van der Waals surface area contributed by atoms with E-state index in [1.165, 1.54) is 25.9 Å². The standard InChI is InChI=1S/C11H21FN2/c1-13-7-4-11(5-8-13)14-6-2-3-10(12)9-14/h10-11H,2-9H2,1H3. The molecule has 2 aliphatic rings. The second-order valence-electron chi connectivity index (χ2n) is 4.77. The molecule has 3 heteroatoms. The number of hydrogen-bond donors (Lipinski definition) is 0. The van der Waals surface area contributed by atoms with Crippen LogP contribution in [0.5, 0.6) is 0 Å². The number of hydrogen-bond acceptors (Lipinski definition) is 2. The molecule has 1 atom stereocenters. The van der Waals surface area contributed by atoms with Gasteiger partial charge >= 0.3 is 0 Å². The summed E-state index contributed by atoms with van der Waals surface area (Å²) >= 11 is 0. The Kier molecular flexibility index (Phi) is 3.39. The molecule has 2 heterocycles. The van der Waals surface area contributed by atoms with Gasteiger partial charge in [0, 0.05) is 12.6 Å². The fourth-order valence-electron chi connectivity index (χ4n) is 2.64. The van der Waals surface area contributed by atoms with Gasteiger partial charge in [-0.15, -0.1) is 0 Å². The Balaban J connectivity index is 1.82. The monoisotopic (exact) mass is 200 g/mol. The van der Waals surface area contributed by atoms with Crippen molar-refractivity contribution < 1.29 is 4.39 Å². The first-order valence-corrected chi connectivity index (χ1v) is 5.82. The molecular formula is C11H21FN2. The zero-order chi connectivity index (χ0) is 9.97. The van der Waals surface area contributed by atoms with Gasteiger partial charge in [-0.05, 0) is 52.4 Å². The zero-order valence-corrected chi connectivity index (χ0v) is 9.08. The SMILES string of the molecule is CN1CCC(N2CCCC(F)C2)CC1. The van der Waals surface area contributed by atoms with E-state index in [2.05, 4.69) is 16.8 Å². The van der Waals surface area contributed by atoms with Gasteiger partial charge in [0.2, 0.25) is 0 Å². The quantitative estimate of drug-likeness (QED) is 0.633. The number of nitrogens with zero attached hydrogens (tertiary/aromatic N) is 2. The molecular weight excluding hydrogens is 179 g/mol. The predicted octanol–water partition coefficient (Wildman–Crippen LogP) is 1.51. The van der Waals surface area contributed by atoms with E-state index in [0.717, 1.165) is 19.4 Å². The van der Waals surface area contributed by atoms with Crippen LogP contribution < -0.4 is 0 Å². The minimum Gasteiger partial charge on any atom is -0.306 e. The molecule has 0 N–H and O–H groups in total. The van der Waals surface area contributed by atoms with Crippen molar-refractivity contribution in [1.29, 1.82) is 0 Å². The number of rotatable bonds is 1. The van der Waals surface area contributed by atoms with E-state index >= 15 is 0 Å². The van der Waals surface area contributed by atoms with Crippen molar-refractivity contribution in [2.75, 3.05) is 33.2 Å². The van der Waals surface area contributed by atoms with Crippen LogP contribution in [0.15, 0.2) is 0 Å². The Morgan fingerprint density at radius 3 is 2.43 bits per heavy atom. The molecule has 0 bridgehead atoms. The number of likely N-dealkylation sites (tertiary alicyclic amines) is 2. The van der Waals surface area contributed by atoms with Crippen molar-refractivity contribution >= 4 is 0 Å². The van der Waals surface area contributed by atoms with E-state index in [1.54, 1.807) is 0 Å². The Hall–Kier alpha value is -0.150. The lowest BCUT2D eigenvalue weighted by Crippen LogP contribution is -2.48. The Bertz CT molecular complexity index is 178. The third-order valence-corrected chi connectivity index (χ3v) is 3.60. The van der Waals surface area contributed by atoms with Crippen molar-refractivity contribution in [2.45, 2.75) is 37.9 Å². The molecule has 0 spiro atoms. The highest BCUT2D eigenvalue weighted by atomic mass is 19.1. The first kappa shape index (κ1) is 10.4. The van der Waals surface area contributed by atoms with Crippen molar-refractivity contribution in [3.05, 3.63) is 0 Å². The highest BCUT2D eigenvalue weighted by Gasteiger charge is 2.27. The van der Waals surface area contributed by atoms with Crippen molar-refractivity contribution in [3.8, 4) is 0 Å². The van der Waals surface area contributed by atoms with E-state index in [-0.39, 0.29) is 0 Å². The van der Waals surface area contributed by atoms with Crippen molar-refractivity contribution in [1.82, 2.24) is 9.80 Å². The van der Waals surface area contributed by atoms with Crippen LogP contribution in [0.25, 0.3) is 0 Å². The molecule has 2 rings (SSSR count). The molecule has 2 fully saturated rings. The second kappa shape index (κ2) is 4.58. The Morgan fingerprint density at radius 1 is 1.07 bits per heavy atom. The maximum absolute atomic E-state index is 13.2. The van der Waals surface area contributed by atoms with E-state index in [9.17, 15) is 4.39 Å². The van der Waals surface area contributed by atoms with E-state index in [4.69, 9.17) is 0 Å². The highest BCUT2D eigenvalue weighted by Crippen LogP contribution is 2.21. The summed E-state index contributed by atoms with van der Waals surface area (Å²) in [5.41, 5.74) is 0. The van der Waals surface area contributed by atoms with Gasteiger partial charge in [-0.3, -0.25) is 4.90 Å². The largest absolute Gasteiger partial charge is 0.306 e. The summed E-state index contributed by atoms with van der Waals surface area (Å²) in [5, 5.41) is 0. The molecule has 0 saturated carbocycles. The van der Waals surface area contributed by atoms with Crippen LogP contribution in [0.2, 0.25) is 0 Å². The van der Waals surface area contributed by atoms with Gasteiger partial charge in [0.1, 0.15) is 6.17 Å².